The van der Waals surface area contributed by atoms with Crippen molar-refractivity contribution < 1.29 is 13.9 Å². The van der Waals surface area contributed by atoms with Gasteiger partial charge in [-0.05, 0) is 70.5 Å². The molecular formula is C15H26O3Si. The molecule has 0 N–H and O–H groups in total. The standard InChI is InChI=1S/C15H26O3Si/c1-14(2)16-12-9-6-10(13(12)17-14)11-8-15(11,7-9)18-19(3,4)5/h9-13H,6-8H2,1-5H3/t9-,10+,11-,12-,13+,15-/m0/s1. The summed E-state index contributed by atoms with van der Waals surface area (Å²) in [6, 6.07) is 0. The van der Waals surface area contributed by atoms with E-state index in [0.29, 0.717) is 24.0 Å². The summed E-state index contributed by atoms with van der Waals surface area (Å²) in [5.41, 5.74) is 0.208. The fourth-order valence-corrected chi connectivity index (χ4v) is 6.56. The van der Waals surface area contributed by atoms with Crippen molar-refractivity contribution in [2.75, 3.05) is 0 Å². The van der Waals surface area contributed by atoms with Crippen molar-refractivity contribution in [2.24, 2.45) is 17.8 Å². The molecule has 108 valence electrons. The van der Waals surface area contributed by atoms with E-state index in [2.05, 4.69) is 33.5 Å². The van der Waals surface area contributed by atoms with E-state index in [-0.39, 0.29) is 11.4 Å². The molecule has 0 radical (unpaired) electrons. The smallest absolute Gasteiger partial charge is 0.184 e. The Morgan fingerprint density at radius 3 is 2.42 bits per heavy atom. The maximum Gasteiger partial charge on any atom is 0.184 e. The van der Waals surface area contributed by atoms with Crippen molar-refractivity contribution >= 4 is 8.32 Å². The van der Waals surface area contributed by atoms with Gasteiger partial charge in [0.15, 0.2) is 14.1 Å². The molecule has 19 heavy (non-hydrogen) atoms. The molecule has 0 spiro atoms. The van der Waals surface area contributed by atoms with Crippen molar-refractivity contribution in [1.82, 2.24) is 0 Å². The van der Waals surface area contributed by atoms with Gasteiger partial charge in [0.2, 0.25) is 0 Å². The largest absolute Gasteiger partial charge is 0.412 e. The van der Waals surface area contributed by atoms with Crippen molar-refractivity contribution in [3.8, 4) is 0 Å². The number of hydrogen-bond acceptors (Lipinski definition) is 3. The predicted octanol–water partition coefficient (Wildman–Crippen LogP) is 3.16. The summed E-state index contributed by atoms with van der Waals surface area (Å²) in [6.07, 6.45) is 4.44. The summed E-state index contributed by atoms with van der Waals surface area (Å²) < 4.78 is 18.9. The van der Waals surface area contributed by atoms with Gasteiger partial charge < -0.3 is 13.9 Å². The lowest BCUT2D eigenvalue weighted by atomic mass is 9.86. The van der Waals surface area contributed by atoms with Gasteiger partial charge in [-0.15, -0.1) is 0 Å². The van der Waals surface area contributed by atoms with Crippen LogP contribution in [0.15, 0.2) is 0 Å². The van der Waals surface area contributed by atoms with Gasteiger partial charge in [0, 0.05) is 0 Å². The van der Waals surface area contributed by atoms with Crippen LogP contribution in [-0.2, 0) is 13.9 Å². The fourth-order valence-electron chi connectivity index (χ4n) is 5.03. The molecule has 1 heterocycles. The van der Waals surface area contributed by atoms with Crippen LogP contribution in [0.5, 0.6) is 0 Å². The molecule has 4 heteroatoms. The van der Waals surface area contributed by atoms with Crippen LogP contribution >= 0.6 is 0 Å². The molecular weight excluding hydrogens is 256 g/mol. The molecule has 6 atom stereocenters. The van der Waals surface area contributed by atoms with E-state index in [9.17, 15) is 0 Å². The average Bonchev–Trinajstić information content (AvgIpc) is 2.73. The third-order valence-corrected chi connectivity index (χ3v) is 6.36. The average molecular weight is 282 g/mol. The number of ether oxygens (including phenoxy) is 2. The summed E-state index contributed by atoms with van der Waals surface area (Å²) in [6.45, 7) is 11.0. The zero-order valence-electron chi connectivity index (χ0n) is 12.7. The molecule has 0 unspecified atom stereocenters. The topological polar surface area (TPSA) is 27.7 Å². The van der Waals surface area contributed by atoms with Gasteiger partial charge >= 0.3 is 0 Å². The monoisotopic (exact) mass is 282 g/mol. The van der Waals surface area contributed by atoms with Gasteiger partial charge in [-0.1, -0.05) is 0 Å². The molecule has 3 nitrogen and oxygen atoms in total. The van der Waals surface area contributed by atoms with Crippen molar-refractivity contribution in [3.05, 3.63) is 0 Å². The van der Waals surface area contributed by atoms with Crippen molar-refractivity contribution in [2.45, 2.75) is 76.3 Å². The van der Waals surface area contributed by atoms with Crippen LogP contribution in [-0.4, -0.2) is 31.9 Å². The van der Waals surface area contributed by atoms with Gasteiger partial charge in [0.25, 0.3) is 0 Å². The highest BCUT2D eigenvalue weighted by atomic mass is 28.4. The second-order valence-electron chi connectivity index (χ2n) is 8.52. The lowest BCUT2D eigenvalue weighted by Crippen LogP contribution is -2.39. The van der Waals surface area contributed by atoms with Crippen LogP contribution in [0, 0.1) is 17.8 Å². The van der Waals surface area contributed by atoms with Crippen molar-refractivity contribution in [3.63, 3.8) is 0 Å². The second-order valence-corrected chi connectivity index (χ2v) is 12.9. The van der Waals surface area contributed by atoms with Crippen LogP contribution in [0.2, 0.25) is 19.6 Å². The Morgan fingerprint density at radius 1 is 1.05 bits per heavy atom. The Hall–Kier alpha value is 0.0969. The van der Waals surface area contributed by atoms with Crippen LogP contribution in [0.3, 0.4) is 0 Å². The minimum absolute atomic E-state index is 0.208. The Morgan fingerprint density at radius 2 is 1.74 bits per heavy atom. The quantitative estimate of drug-likeness (QED) is 0.728. The van der Waals surface area contributed by atoms with Crippen LogP contribution in [0.4, 0.5) is 0 Å². The molecule has 0 aromatic heterocycles. The van der Waals surface area contributed by atoms with E-state index >= 15 is 0 Å². The molecule has 0 aromatic rings. The minimum Gasteiger partial charge on any atom is -0.412 e. The zero-order chi connectivity index (χ0) is 13.6. The fraction of sp³-hybridized carbons (Fsp3) is 1.00. The first kappa shape index (κ1) is 12.8. The third-order valence-electron chi connectivity index (χ3n) is 5.34. The first-order chi connectivity index (χ1) is 8.69. The summed E-state index contributed by atoms with van der Waals surface area (Å²) in [4.78, 5) is 0. The maximum atomic E-state index is 6.57. The van der Waals surface area contributed by atoms with Gasteiger partial charge in [-0.2, -0.15) is 0 Å². The summed E-state index contributed by atoms with van der Waals surface area (Å²) >= 11 is 0. The number of hydrogen-bond donors (Lipinski definition) is 0. The number of rotatable bonds is 2. The molecule has 4 aliphatic rings. The van der Waals surface area contributed by atoms with Crippen molar-refractivity contribution in [1.29, 1.82) is 0 Å². The highest BCUT2D eigenvalue weighted by molar-refractivity contribution is 6.69. The SMILES string of the molecule is CC1(C)O[C@@H]2[C@@H]3C[C@@H](C[C@]4(O[Si](C)(C)C)C[C@@H]34)[C@@H]2O1. The Balaban J connectivity index is 1.57. The first-order valence-corrected chi connectivity index (χ1v) is 11.2. The lowest BCUT2D eigenvalue weighted by molar-refractivity contribution is -0.167. The van der Waals surface area contributed by atoms with E-state index in [4.69, 9.17) is 13.9 Å². The Kier molecular flexibility index (Phi) is 2.33. The molecule has 3 saturated carbocycles. The summed E-state index contributed by atoms with van der Waals surface area (Å²) in [5, 5.41) is 0. The van der Waals surface area contributed by atoms with Crippen LogP contribution in [0.25, 0.3) is 0 Å². The van der Waals surface area contributed by atoms with E-state index < -0.39 is 8.32 Å². The predicted molar refractivity (Wildman–Crippen MR) is 75.3 cm³/mol. The normalized spacial score (nSPS) is 53.8. The molecule has 4 fully saturated rings. The first-order valence-electron chi connectivity index (χ1n) is 7.75. The van der Waals surface area contributed by atoms with Gasteiger partial charge in [-0.25, -0.2) is 0 Å². The Labute approximate surface area is 117 Å². The van der Waals surface area contributed by atoms with E-state index in [1.807, 2.05) is 0 Å². The van der Waals surface area contributed by atoms with Crippen LogP contribution in [0.1, 0.15) is 33.1 Å². The Bertz CT molecular complexity index is 416. The molecule has 3 aliphatic carbocycles. The zero-order valence-corrected chi connectivity index (χ0v) is 13.7. The molecule has 4 rings (SSSR count). The van der Waals surface area contributed by atoms with Gasteiger partial charge in [-0.3, -0.25) is 0 Å². The lowest BCUT2D eigenvalue weighted by Gasteiger charge is -2.35. The minimum atomic E-state index is -1.45. The highest BCUT2D eigenvalue weighted by Gasteiger charge is 2.71. The van der Waals surface area contributed by atoms with E-state index in [1.165, 1.54) is 19.3 Å². The van der Waals surface area contributed by atoms with Crippen LogP contribution < -0.4 is 0 Å². The van der Waals surface area contributed by atoms with E-state index in [0.717, 1.165) is 5.92 Å². The second kappa shape index (κ2) is 3.46. The number of fused-ring (bicyclic) bond motifs is 7. The maximum absolute atomic E-state index is 6.57. The molecule has 2 bridgehead atoms. The van der Waals surface area contributed by atoms with Gasteiger partial charge in [0.05, 0.1) is 17.8 Å². The molecule has 0 aromatic carbocycles. The molecule has 1 aliphatic heterocycles. The summed E-state index contributed by atoms with van der Waals surface area (Å²) in [7, 11) is -1.45. The summed E-state index contributed by atoms with van der Waals surface area (Å²) in [5.74, 6) is 1.71. The highest BCUT2D eigenvalue weighted by Crippen LogP contribution is 2.68. The third kappa shape index (κ3) is 1.87. The molecule has 0 amide bonds. The van der Waals surface area contributed by atoms with E-state index in [1.54, 1.807) is 0 Å². The van der Waals surface area contributed by atoms with Gasteiger partial charge in [0.1, 0.15) is 0 Å². The molecule has 1 saturated heterocycles.